The Kier molecular flexibility index (Phi) is 7.22. The summed E-state index contributed by atoms with van der Waals surface area (Å²) in [5, 5.41) is 23.3. The van der Waals surface area contributed by atoms with Crippen LogP contribution in [0.15, 0.2) is 73.2 Å². The Bertz CT molecular complexity index is 1410. The molecule has 2 aliphatic heterocycles. The number of rotatable bonds is 8. The molecule has 0 bridgehead atoms. The van der Waals surface area contributed by atoms with E-state index < -0.39 is 6.35 Å². The molecule has 9 nitrogen and oxygen atoms in total. The first-order chi connectivity index (χ1) is 18.9. The van der Waals surface area contributed by atoms with Gasteiger partial charge in [-0.3, -0.25) is 9.80 Å². The zero-order valence-corrected chi connectivity index (χ0v) is 22.6. The number of piperidine rings is 1. The number of aliphatic hydroxyl groups is 1. The standard InChI is InChI=1S/C29H32ClN7O2/c1-21-14-27(37-32-11-12-33-37)31-16-26(21)34-28(38)36-13-3-10-29(20-36)18-35(19-29)17-22-4-2-5-25(15-22)39-24-8-6-23(30)7-9-24/h2,4-9,11-12,14-16,28,34,38H,3,10,13,17-20H2,1H3. The summed E-state index contributed by atoms with van der Waals surface area (Å²) < 4.78 is 6.01. The van der Waals surface area contributed by atoms with Gasteiger partial charge in [-0.15, -0.1) is 4.80 Å². The number of likely N-dealkylation sites (tertiary alicyclic amines) is 2. The van der Waals surface area contributed by atoms with E-state index in [1.165, 1.54) is 16.8 Å². The van der Waals surface area contributed by atoms with Crippen molar-refractivity contribution >= 4 is 17.3 Å². The Morgan fingerprint density at radius 3 is 2.62 bits per heavy atom. The number of anilines is 1. The molecule has 0 aliphatic carbocycles. The average Bonchev–Trinajstić information content (AvgIpc) is 3.46. The van der Waals surface area contributed by atoms with Crippen LogP contribution in [0.4, 0.5) is 5.69 Å². The van der Waals surface area contributed by atoms with Gasteiger partial charge in [0, 0.05) is 43.2 Å². The molecule has 202 valence electrons. The van der Waals surface area contributed by atoms with E-state index >= 15 is 0 Å². The number of nitrogens with zero attached hydrogens (tertiary/aromatic N) is 6. The number of ether oxygens (including phenoxy) is 1. The van der Waals surface area contributed by atoms with Gasteiger partial charge in [0.15, 0.2) is 12.2 Å². The maximum Gasteiger partial charge on any atom is 0.184 e. The predicted molar refractivity (Wildman–Crippen MR) is 150 cm³/mol. The van der Waals surface area contributed by atoms with E-state index in [1.807, 2.05) is 49.4 Å². The van der Waals surface area contributed by atoms with Gasteiger partial charge in [-0.1, -0.05) is 23.7 Å². The first-order valence-electron chi connectivity index (χ1n) is 13.2. The normalized spacial score (nSPS) is 18.0. The first-order valence-corrected chi connectivity index (χ1v) is 13.6. The Hall–Kier alpha value is -3.50. The van der Waals surface area contributed by atoms with Crippen molar-refractivity contribution in [3.63, 3.8) is 0 Å². The highest BCUT2D eigenvalue weighted by molar-refractivity contribution is 6.30. The molecular weight excluding hydrogens is 514 g/mol. The largest absolute Gasteiger partial charge is 0.457 e. The van der Waals surface area contributed by atoms with Crippen molar-refractivity contribution in [3.05, 3.63) is 89.3 Å². The third-order valence-electron chi connectivity index (χ3n) is 7.51. The molecule has 2 saturated heterocycles. The number of aryl methyl sites for hydroxylation is 1. The number of pyridine rings is 1. The summed E-state index contributed by atoms with van der Waals surface area (Å²) in [7, 11) is 0. The van der Waals surface area contributed by atoms with Gasteiger partial charge in [0.05, 0.1) is 24.3 Å². The Balaban J connectivity index is 1.03. The molecule has 2 aromatic heterocycles. The maximum absolute atomic E-state index is 11.0. The van der Waals surface area contributed by atoms with Crippen LogP contribution in [0.2, 0.25) is 5.02 Å². The quantitative estimate of drug-likeness (QED) is 0.308. The van der Waals surface area contributed by atoms with Crippen LogP contribution >= 0.6 is 11.6 Å². The van der Waals surface area contributed by atoms with Crippen LogP contribution in [0.3, 0.4) is 0 Å². The van der Waals surface area contributed by atoms with Crippen LogP contribution in [-0.2, 0) is 6.54 Å². The van der Waals surface area contributed by atoms with Gasteiger partial charge in [0.1, 0.15) is 11.5 Å². The van der Waals surface area contributed by atoms with Crippen LogP contribution in [0, 0.1) is 12.3 Å². The zero-order chi connectivity index (χ0) is 26.8. The number of aliphatic hydroxyl groups excluding tert-OH is 1. The highest BCUT2D eigenvalue weighted by atomic mass is 35.5. The molecule has 0 amide bonds. The van der Waals surface area contributed by atoms with E-state index in [0.717, 1.165) is 61.9 Å². The Morgan fingerprint density at radius 1 is 1.05 bits per heavy atom. The second-order valence-electron chi connectivity index (χ2n) is 10.6. The second kappa shape index (κ2) is 10.9. The van der Waals surface area contributed by atoms with Gasteiger partial charge >= 0.3 is 0 Å². The van der Waals surface area contributed by atoms with Gasteiger partial charge in [-0.25, -0.2) is 4.98 Å². The molecule has 0 radical (unpaired) electrons. The van der Waals surface area contributed by atoms with Crippen molar-refractivity contribution in [2.75, 3.05) is 31.5 Å². The lowest BCUT2D eigenvalue weighted by atomic mass is 9.73. The highest BCUT2D eigenvalue weighted by Crippen LogP contribution is 2.40. The van der Waals surface area contributed by atoms with Crippen molar-refractivity contribution in [2.45, 2.75) is 32.7 Å². The molecule has 4 aromatic rings. The minimum Gasteiger partial charge on any atom is -0.457 e. The predicted octanol–water partition coefficient (Wildman–Crippen LogP) is 4.70. The van der Waals surface area contributed by atoms with Gasteiger partial charge in [-0.2, -0.15) is 10.2 Å². The lowest BCUT2D eigenvalue weighted by Gasteiger charge is -2.55. The molecule has 1 unspecified atom stereocenters. The number of hydrogen-bond donors (Lipinski definition) is 2. The van der Waals surface area contributed by atoms with Crippen LogP contribution in [0.25, 0.3) is 5.82 Å². The second-order valence-corrected chi connectivity index (χ2v) is 11.1. The summed E-state index contributed by atoms with van der Waals surface area (Å²) >= 11 is 5.98. The summed E-state index contributed by atoms with van der Waals surface area (Å²) in [5.74, 6) is 2.23. The van der Waals surface area contributed by atoms with Gasteiger partial charge < -0.3 is 15.2 Å². The lowest BCUT2D eigenvalue weighted by molar-refractivity contribution is -0.0968. The van der Waals surface area contributed by atoms with E-state index in [-0.39, 0.29) is 5.41 Å². The fraction of sp³-hybridized carbons (Fsp3) is 0.345. The molecule has 10 heteroatoms. The van der Waals surface area contributed by atoms with Crippen LogP contribution in [0.5, 0.6) is 11.5 Å². The lowest BCUT2D eigenvalue weighted by Crippen LogP contribution is -2.64. The van der Waals surface area contributed by atoms with Crippen molar-refractivity contribution in [3.8, 4) is 17.3 Å². The maximum atomic E-state index is 11.0. The van der Waals surface area contributed by atoms with E-state index in [2.05, 4.69) is 42.4 Å². The summed E-state index contributed by atoms with van der Waals surface area (Å²) in [6.45, 7) is 6.62. The van der Waals surface area contributed by atoms with Crippen LogP contribution in [0.1, 0.15) is 24.0 Å². The number of halogens is 1. The molecule has 39 heavy (non-hydrogen) atoms. The molecule has 2 fully saturated rings. The minimum absolute atomic E-state index is 0.210. The molecule has 4 heterocycles. The Labute approximate surface area is 233 Å². The van der Waals surface area contributed by atoms with E-state index in [0.29, 0.717) is 10.8 Å². The zero-order valence-electron chi connectivity index (χ0n) is 21.9. The first kappa shape index (κ1) is 25.8. The third-order valence-corrected chi connectivity index (χ3v) is 7.77. The highest BCUT2D eigenvalue weighted by Gasteiger charge is 2.46. The van der Waals surface area contributed by atoms with Gasteiger partial charge in [0.2, 0.25) is 0 Å². The summed E-state index contributed by atoms with van der Waals surface area (Å²) in [6.07, 6.45) is 6.44. The molecule has 2 N–H and O–H groups in total. The fourth-order valence-corrected chi connectivity index (χ4v) is 5.82. The molecule has 1 atom stereocenters. The number of benzene rings is 2. The molecule has 1 spiro atoms. The molecule has 2 aromatic carbocycles. The minimum atomic E-state index is -0.771. The molecule has 0 saturated carbocycles. The van der Waals surface area contributed by atoms with E-state index in [9.17, 15) is 5.11 Å². The van der Waals surface area contributed by atoms with Gasteiger partial charge in [0.25, 0.3) is 0 Å². The average molecular weight is 546 g/mol. The van der Waals surface area contributed by atoms with E-state index in [4.69, 9.17) is 16.3 Å². The third kappa shape index (κ3) is 5.91. The number of nitrogens with one attached hydrogen (secondary N) is 1. The fourth-order valence-electron chi connectivity index (χ4n) is 5.70. The molecule has 6 rings (SSSR count). The van der Waals surface area contributed by atoms with Crippen LogP contribution < -0.4 is 10.1 Å². The smallest absolute Gasteiger partial charge is 0.184 e. The summed E-state index contributed by atoms with van der Waals surface area (Å²) in [4.78, 5) is 10.5. The van der Waals surface area contributed by atoms with Crippen molar-refractivity contribution in [1.82, 2.24) is 29.8 Å². The summed E-state index contributed by atoms with van der Waals surface area (Å²) in [5.41, 5.74) is 3.21. The van der Waals surface area contributed by atoms with E-state index in [1.54, 1.807) is 18.6 Å². The Morgan fingerprint density at radius 2 is 1.85 bits per heavy atom. The molecular formula is C29H32ClN7O2. The molecule has 2 aliphatic rings. The topological polar surface area (TPSA) is 91.6 Å². The van der Waals surface area contributed by atoms with Crippen molar-refractivity contribution in [2.24, 2.45) is 5.41 Å². The number of hydrogen-bond acceptors (Lipinski definition) is 8. The summed E-state index contributed by atoms with van der Waals surface area (Å²) in [6, 6.07) is 17.6. The SMILES string of the molecule is Cc1cc(-n2nccn2)ncc1NC(O)N1CCCC2(CN(Cc3cccc(Oc4ccc(Cl)cc4)c3)C2)C1. The monoisotopic (exact) mass is 545 g/mol. The van der Waals surface area contributed by atoms with Crippen molar-refractivity contribution in [1.29, 1.82) is 0 Å². The van der Waals surface area contributed by atoms with Gasteiger partial charge in [-0.05, 0) is 73.4 Å². The number of aromatic nitrogens is 4. The van der Waals surface area contributed by atoms with Crippen LogP contribution in [-0.4, -0.2) is 67.4 Å². The van der Waals surface area contributed by atoms with Crippen molar-refractivity contribution < 1.29 is 9.84 Å².